The van der Waals surface area contributed by atoms with Gasteiger partial charge in [0.05, 0.1) is 26.0 Å². The summed E-state index contributed by atoms with van der Waals surface area (Å²) in [5, 5.41) is 3.84. The van der Waals surface area contributed by atoms with Crippen LogP contribution < -0.4 is 24.4 Å². The monoisotopic (exact) mass is 452 g/mol. The third kappa shape index (κ3) is 6.79. The van der Waals surface area contributed by atoms with Gasteiger partial charge in [0.1, 0.15) is 17.3 Å². The van der Waals surface area contributed by atoms with Gasteiger partial charge in [-0.15, -0.1) is 0 Å². The first-order valence-electron chi connectivity index (χ1n) is 9.73. The van der Waals surface area contributed by atoms with Crippen LogP contribution in [-0.2, 0) is 4.79 Å². The average molecular weight is 452 g/mol. The number of ether oxygens (including phenoxy) is 4. The molecule has 3 aromatic carbocycles. The summed E-state index contributed by atoms with van der Waals surface area (Å²) in [5.41, 5.74) is 3.30. The van der Waals surface area contributed by atoms with E-state index in [0.29, 0.717) is 34.1 Å². The van der Waals surface area contributed by atoms with Crippen molar-refractivity contribution < 1.29 is 32.9 Å². The van der Waals surface area contributed by atoms with E-state index in [1.54, 1.807) is 36.4 Å². The first kappa shape index (κ1) is 23.3. The van der Waals surface area contributed by atoms with Crippen LogP contribution >= 0.6 is 0 Å². The van der Waals surface area contributed by atoms with Crippen LogP contribution in [0.3, 0.4) is 0 Å². The van der Waals surface area contributed by atoms with E-state index in [1.807, 2.05) is 0 Å². The number of rotatable bonds is 9. The lowest BCUT2D eigenvalue weighted by Crippen LogP contribution is -2.24. The van der Waals surface area contributed by atoms with Gasteiger partial charge < -0.3 is 18.9 Å². The Hall–Kier alpha value is -4.40. The van der Waals surface area contributed by atoms with Crippen LogP contribution in [0, 0.1) is 5.82 Å². The Bertz CT molecular complexity index is 1130. The van der Waals surface area contributed by atoms with Crippen LogP contribution in [-0.4, -0.2) is 38.9 Å². The predicted octanol–water partition coefficient (Wildman–Crippen LogP) is 3.59. The standard InChI is InChI=1S/C24H21FN2O6/c1-30-21-12-5-17(13-22(21)31-2)24(29)33-20-8-3-16(4-9-20)14-26-27-23(28)15-32-19-10-6-18(25)7-11-19/h3-14H,15H2,1-2H3,(H,27,28)/b26-14-. The van der Waals surface area contributed by atoms with E-state index in [-0.39, 0.29) is 6.61 Å². The topological polar surface area (TPSA) is 95.5 Å². The molecule has 0 radical (unpaired) electrons. The Balaban J connectivity index is 1.49. The fraction of sp³-hybridized carbons (Fsp3) is 0.125. The number of hydrazone groups is 1. The van der Waals surface area contributed by atoms with Gasteiger partial charge in [-0.25, -0.2) is 14.6 Å². The van der Waals surface area contributed by atoms with E-state index in [4.69, 9.17) is 18.9 Å². The maximum Gasteiger partial charge on any atom is 0.343 e. The van der Waals surface area contributed by atoms with Crippen molar-refractivity contribution in [3.8, 4) is 23.0 Å². The summed E-state index contributed by atoms with van der Waals surface area (Å²) < 4.78 is 33.8. The molecule has 170 valence electrons. The van der Waals surface area contributed by atoms with Gasteiger partial charge in [-0.2, -0.15) is 5.10 Å². The molecule has 0 aliphatic rings. The third-order valence-corrected chi connectivity index (χ3v) is 4.30. The van der Waals surface area contributed by atoms with Gasteiger partial charge in [0.15, 0.2) is 18.1 Å². The van der Waals surface area contributed by atoms with E-state index in [1.165, 1.54) is 50.8 Å². The SMILES string of the molecule is COc1ccc(C(=O)Oc2ccc(/C=N\NC(=O)COc3ccc(F)cc3)cc2)cc1OC. The van der Waals surface area contributed by atoms with E-state index >= 15 is 0 Å². The second-order valence-corrected chi connectivity index (χ2v) is 6.56. The van der Waals surface area contributed by atoms with Gasteiger partial charge in [-0.05, 0) is 72.3 Å². The molecule has 0 fully saturated rings. The molecule has 0 saturated heterocycles. The molecule has 1 N–H and O–H groups in total. The van der Waals surface area contributed by atoms with Crippen molar-refractivity contribution in [3.63, 3.8) is 0 Å². The second kappa shape index (κ2) is 11.3. The summed E-state index contributed by atoms with van der Waals surface area (Å²) in [7, 11) is 2.99. The van der Waals surface area contributed by atoms with E-state index < -0.39 is 17.7 Å². The van der Waals surface area contributed by atoms with Crippen molar-refractivity contribution in [1.29, 1.82) is 0 Å². The number of hydrogen-bond acceptors (Lipinski definition) is 7. The summed E-state index contributed by atoms with van der Waals surface area (Å²) >= 11 is 0. The van der Waals surface area contributed by atoms with Gasteiger partial charge in [-0.1, -0.05) is 0 Å². The number of halogens is 1. The lowest BCUT2D eigenvalue weighted by Gasteiger charge is -2.09. The number of hydrogen-bond donors (Lipinski definition) is 1. The highest BCUT2D eigenvalue weighted by atomic mass is 19.1. The highest BCUT2D eigenvalue weighted by Crippen LogP contribution is 2.28. The van der Waals surface area contributed by atoms with Crippen LogP contribution in [0.15, 0.2) is 71.8 Å². The molecule has 3 aromatic rings. The molecule has 9 heteroatoms. The fourth-order valence-electron chi connectivity index (χ4n) is 2.64. The lowest BCUT2D eigenvalue weighted by atomic mass is 10.2. The molecule has 8 nitrogen and oxygen atoms in total. The van der Waals surface area contributed by atoms with Crippen molar-refractivity contribution in [1.82, 2.24) is 5.43 Å². The van der Waals surface area contributed by atoms with E-state index in [2.05, 4.69) is 10.5 Å². The van der Waals surface area contributed by atoms with Crippen molar-refractivity contribution in [2.45, 2.75) is 0 Å². The predicted molar refractivity (Wildman–Crippen MR) is 119 cm³/mol. The zero-order valence-corrected chi connectivity index (χ0v) is 17.9. The molecular formula is C24H21FN2O6. The number of esters is 1. The van der Waals surface area contributed by atoms with Crippen LogP contribution in [0.4, 0.5) is 4.39 Å². The maximum absolute atomic E-state index is 12.8. The molecule has 0 heterocycles. The second-order valence-electron chi connectivity index (χ2n) is 6.56. The highest BCUT2D eigenvalue weighted by Gasteiger charge is 2.13. The van der Waals surface area contributed by atoms with Gasteiger partial charge in [-0.3, -0.25) is 4.79 Å². The Morgan fingerprint density at radius 1 is 0.909 bits per heavy atom. The van der Waals surface area contributed by atoms with Gasteiger partial charge in [0.25, 0.3) is 5.91 Å². The third-order valence-electron chi connectivity index (χ3n) is 4.30. The molecule has 33 heavy (non-hydrogen) atoms. The molecule has 0 aliphatic heterocycles. The van der Waals surface area contributed by atoms with Gasteiger partial charge in [0, 0.05) is 0 Å². The molecule has 0 unspecified atom stereocenters. The summed E-state index contributed by atoms with van der Waals surface area (Å²) in [4.78, 5) is 24.1. The summed E-state index contributed by atoms with van der Waals surface area (Å²) in [6, 6.07) is 16.6. The zero-order chi connectivity index (χ0) is 23.6. The molecule has 0 aromatic heterocycles. The Morgan fingerprint density at radius 2 is 1.58 bits per heavy atom. The van der Waals surface area contributed by atoms with Gasteiger partial charge in [0.2, 0.25) is 0 Å². The molecule has 0 aliphatic carbocycles. The van der Waals surface area contributed by atoms with E-state index in [0.717, 1.165) is 0 Å². The minimum absolute atomic E-state index is 0.270. The number of carbonyl (C=O) groups excluding carboxylic acids is 2. The molecule has 0 spiro atoms. The summed E-state index contributed by atoms with van der Waals surface area (Å²) in [6.07, 6.45) is 1.43. The molecule has 3 rings (SSSR count). The van der Waals surface area contributed by atoms with Crippen LogP contribution in [0.1, 0.15) is 15.9 Å². The number of nitrogens with zero attached hydrogens (tertiary/aromatic N) is 1. The fourth-order valence-corrected chi connectivity index (χ4v) is 2.64. The molecule has 0 saturated carbocycles. The Morgan fingerprint density at radius 3 is 2.24 bits per heavy atom. The largest absolute Gasteiger partial charge is 0.493 e. The van der Waals surface area contributed by atoms with Crippen molar-refractivity contribution >= 4 is 18.1 Å². The van der Waals surface area contributed by atoms with Crippen LogP contribution in [0.2, 0.25) is 0 Å². The smallest absolute Gasteiger partial charge is 0.343 e. The first-order chi connectivity index (χ1) is 16.0. The average Bonchev–Trinajstić information content (AvgIpc) is 2.84. The van der Waals surface area contributed by atoms with Gasteiger partial charge >= 0.3 is 5.97 Å². The zero-order valence-electron chi connectivity index (χ0n) is 17.9. The quantitative estimate of drug-likeness (QED) is 0.231. The van der Waals surface area contributed by atoms with E-state index in [9.17, 15) is 14.0 Å². The number of benzene rings is 3. The molecular weight excluding hydrogens is 431 g/mol. The van der Waals surface area contributed by atoms with Crippen LogP contribution in [0.5, 0.6) is 23.0 Å². The Labute approximate surface area is 189 Å². The van der Waals surface area contributed by atoms with Crippen molar-refractivity contribution in [2.24, 2.45) is 5.10 Å². The molecule has 0 atom stereocenters. The van der Waals surface area contributed by atoms with Crippen molar-refractivity contribution in [2.75, 3.05) is 20.8 Å². The Kier molecular flexibility index (Phi) is 7.96. The normalized spacial score (nSPS) is 10.5. The molecule has 1 amide bonds. The summed E-state index contributed by atoms with van der Waals surface area (Å²) in [5.74, 6) is 0.216. The number of amides is 1. The summed E-state index contributed by atoms with van der Waals surface area (Å²) in [6.45, 7) is -0.270. The van der Waals surface area contributed by atoms with Crippen molar-refractivity contribution in [3.05, 3.63) is 83.7 Å². The highest BCUT2D eigenvalue weighted by molar-refractivity contribution is 5.92. The molecule has 0 bridgehead atoms. The number of methoxy groups -OCH3 is 2. The number of nitrogens with one attached hydrogen (secondary N) is 1. The van der Waals surface area contributed by atoms with Crippen LogP contribution in [0.25, 0.3) is 0 Å². The minimum Gasteiger partial charge on any atom is -0.493 e. The maximum atomic E-state index is 12.8. The lowest BCUT2D eigenvalue weighted by molar-refractivity contribution is -0.123. The minimum atomic E-state index is -0.550. The number of carbonyl (C=O) groups is 2. The first-order valence-corrected chi connectivity index (χ1v) is 9.73.